The summed E-state index contributed by atoms with van der Waals surface area (Å²) in [5, 5.41) is 8.91. The molecular formula is C20H32N2O4. The normalized spacial score (nSPS) is 10.8. The first kappa shape index (κ1) is 22.0. The van der Waals surface area contributed by atoms with Gasteiger partial charge in [0.15, 0.2) is 0 Å². The molecule has 0 radical (unpaired) electrons. The first-order valence-electron chi connectivity index (χ1n) is 9.45. The number of aromatic carboxylic acids is 1. The lowest BCUT2D eigenvalue weighted by atomic mass is 10.2. The molecule has 0 atom stereocenters. The Labute approximate surface area is 156 Å². The number of ether oxygens (including phenoxy) is 1. The number of benzene rings is 1. The van der Waals surface area contributed by atoms with Crippen molar-refractivity contribution in [2.45, 2.75) is 46.0 Å². The topological polar surface area (TPSA) is 70.1 Å². The van der Waals surface area contributed by atoms with Crippen LogP contribution in [0.1, 0.15) is 56.3 Å². The van der Waals surface area contributed by atoms with Gasteiger partial charge in [0.2, 0.25) is 0 Å². The molecule has 0 heterocycles. The summed E-state index contributed by atoms with van der Waals surface area (Å²) >= 11 is 0. The zero-order valence-corrected chi connectivity index (χ0v) is 16.2. The number of carbonyl (C=O) groups excluding carboxylic acids is 1. The third-order valence-corrected chi connectivity index (χ3v) is 4.28. The first-order chi connectivity index (χ1) is 12.5. The van der Waals surface area contributed by atoms with Crippen molar-refractivity contribution >= 4 is 17.7 Å². The van der Waals surface area contributed by atoms with Gasteiger partial charge in [-0.15, -0.1) is 0 Å². The minimum atomic E-state index is -0.988. The highest BCUT2D eigenvalue weighted by Crippen LogP contribution is 2.15. The van der Waals surface area contributed by atoms with Gasteiger partial charge in [-0.3, -0.25) is 4.90 Å². The van der Waals surface area contributed by atoms with Crippen LogP contribution in [0.5, 0.6) is 0 Å². The summed E-state index contributed by atoms with van der Waals surface area (Å²) in [5.41, 5.74) is 0.794. The number of nitrogens with zero attached hydrogens (tertiary/aromatic N) is 2. The third-order valence-electron chi connectivity index (χ3n) is 4.28. The van der Waals surface area contributed by atoms with Crippen molar-refractivity contribution in [1.29, 1.82) is 0 Å². The fourth-order valence-electron chi connectivity index (χ4n) is 2.58. The fourth-order valence-corrected chi connectivity index (χ4v) is 2.58. The second-order valence-electron chi connectivity index (χ2n) is 6.43. The molecule has 1 aromatic rings. The maximum Gasteiger partial charge on any atom is 0.414 e. The quantitative estimate of drug-likeness (QED) is 0.562. The Kier molecular flexibility index (Phi) is 10.4. The minimum absolute atomic E-state index is 0.190. The first-order valence-corrected chi connectivity index (χ1v) is 9.45. The lowest BCUT2D eigenvalue weighted by Crippen LogP contribution is -2.30. The highest BCUT2D eigenvalue weighted by atomic mass is 16.6. The minimum Gasteiger partial charge on any atom is -0.478 e. The highest BCUT2D eigenvalue weighted by Gasteiger charge is 2.13. The summed E-state index contributed by atoms with van der Waals surface area (Å²) in [4.78, 5) is 26.8. The SMILES string of the molecule is CCCCN(CCCC)CCCOC(=O)N(C)c1ccc(C(=O)O)cc1. The van der Waals surface area contributed by atoms with Gasteiger partial charge in [0.05, 0.1) is 12.2 Å². The maximum atomic E-state index is 12.1. The van der Waals surface area contributed by atoms with Gasteiger partial charge in [-0.2, -0.15) is 0 Å². The fraction of sp³-hybridized carbons (Fsp3) is 0.600. The standard InChI is InChI=1S/C20H32N2O4/c1-4-6-13-22(14-7-5-2)15-8-16-26-20(25)21(3)18-11-9-17(10-12-18)19(23)24/h9-12H,4-8,13-16H2,1-3H3,(H,23,24). The average molecular weight is 364 g/mol. The summed E-state index contributed by atoms with van der Waals surface area (Å²) in [6, 6.07) is 6.14. The van der Waals surface area contributed by atoms with Crippen LogP contribution in [0.2, 0.25) is 0 Å². The van der Waals surface area contributed by atoms with Crippen LogP contribution in [0.15, 0.2) is 24.3 Å². The molecule has 0 aliphatic rings. The lowest BCUT2D eigenvalue weighted by molar-refractivity contribution is 0.0697. The van der Waals surface area contributed by atoms with E-state index in [-0.39, 0.29) is 5.56 Å². The van der Waals surface area contributed by atoms with E-state index in [1.54, 1.807) is 19.2 Å². The molecule has 0 unspecified atom stereocenters. The number of hydrogen-bond acceptors (Lipinski definition) is 4. The van der Waals surface area contributed by atoms with E-state index in [4.69, 9.17) is 9.84 Å². The molecular weight excluding hydrogens is 332 g/mol. The second kappa shape index (κ2) is 12.3. The molecule has 1 aromatic carbocycles. The summed E-state index contributed by atoms with van der Waals surface area (Å²) in [6.45, 7) is 7.90. The Hall–Kier alpha value is -2.08. The molecule has 1 rings (SSSR count). The van der Waals surface area contributed by atoms with E-state index < -0.39 is 12.1 Å². The number of carboxylic acids is 1. The molecule has 146 valence electrons. The largest absolute Gasteiger partial charge is 0.478 e. The van der Waals surface area contributed by atoms with E-state index in [0.29, 0.717) is 12.3 Å². The predicted molar refractivity (Wildman–Crippen MR) is 104 cm³/mol. The summed E-state index contributed by atoms with van der Waals surface area (Å²) < 4.78 is 5.34. The van der Waals surface area contributed by atoms with Gasteiger partial charge < -0.3 is 14.7 Å². The smallest absolute Gasteiger partial charge is 0.414 e. The Morgan fingerprint density at radius 1 is 0.962 bits per heavy atom. The Morgan fingerprint density at radius 2 is 1.50 bits per heavy atom. The van der Waals surface area contributed by atoms with Gasteiger partial charge in [-0.05, 0) is 56.6 Å². The third kappa shape index (κ3) is 7.87. The Bertz CT molecular complexity index is 537. The maximum absolute atomic E-state index is 12.1. The number of amides is 1. The molecule has 0 aliphatic carbocycles. The van der Waals surface area contributed by atoms with Crippen LogP contribution in [-0.4, -0.2) is 55.4 Å². The zero-order valence-electron chi connectivity index (χ0n) is 16.2. The van der Waals surface area contributed by atoms with Crippen molar-refractivity contribution < 1.29 is 19.4 Å². The van der Waals surface area contributed by atoms with Crippen molar-refractivity contribution in [2.75, 3.05) is 38.2 Å². The van der Waals surface area contributed by atoms with Crippen molar-refractivity contribution in [1.82, 2.24) is 4.90 Å². The van der Waals surface area contributed by atoms with Gasteiger partial charge in [0, 0.05) is 19.3 Å². The van der Waals surface area contributed by atoms with Gasteiger partial charge in [0.25, 0.3) is 0 Å². The Morgan fingerprint density at radius 3 is 2.00 bits per heavy atom. The van der Waals surface area contributed by atoms with Gasteiger partial charge in [0.1, 0.15) is 0 Å². The van der Waals surface area contributed by atoms with Crippen LogP contribution in [0, 0.1) is 0 Å². The van der Waals surface area contributed by atoms with Crippen LogP contribution in [-0.2, 0) is 4.74 Å². The molecule has 0 aromatic heterocycles. The number of unbranched alkanes of at least 4 members (excludes halogenated alkanes) is 2. The van der Waals surface area contributed by atoms with Crippen LogP contribution in [0.4, 0.5) is 10.5 Å². The molecule has 1 amide bonds. The molecule has 1 N–H and O–H groups in total. The lowest BCUT2D eigenvalue weighted by Gasteiger charge is -2.22. The molecule has 6 nitrogen and oxygen atoms in total. The molecule has 26 heavy (non-hydrogen) atoms. The van der Waals surface area contributed by atoms with E-state index >= 15 is 0 Å². The molecule has 0 saturated heterocycles. The summed E-state index contributed by atoms with van der Waals surface area (Å²) in [7, 11) is 1.62. The van der Waals surface area contributed by atoms with Gasteiger partial charge in [-0.1, -0.05) is 26.7 Å². The monoisotopic (exact) mass is 364 g/mol. The molecule has 0 spiro atoms. The van der Waals surface area contributed by atoms with E-state index in [1.165, 1.54) is 42.7 Å². The molecule has 0 fully saturated rings. The van der Waals surface area contributed by atoms with Crippen LogP contribution in [0.25, 0.3) is 0 Å². The molecule has 0 saturated carbocycles. The number of carboxylic acid groups (broad SMARTS) is 1. The Balaban J connectivity index is 2.38. The molecule has 0 aliphatic heterocycles. The predicted octanol–water partition coefficient (Wildman–Crippen LogP) is 4.25. The summed E-state index contributed by atoms with van der Waals surface area (Å²) in [6.07, 6.45) is 5.13. The number of carbonyl (C=O) groups is 2. The second-order valence-corrected chi connectivity index (χ2v) is 6.43. The van der Waals surface area contributed by atoms with Gasteiger partial charge >= 0.3 is 12.1 Å². The van der Waals surface area contributed by atoms with Crippen molar-refractivity contribution in [3.63, 3.8) is 0 Å². The van der Waals surface area contributed by atoms with Gasteiger partial charge in [-0.25, -0.2) is 9.59 Å². The van der Waals surface area contributed by atoms with Crippen molar-refractivity contribution in [3.05, 3.63) is 29.8 Å². The number of rotatable bonds is 12. The number of anilines is 1. The van der Waals surface area contributed by atoms with Crippen LogP contribution < -0.4 is 4.90 Å². The van der Waals surface area contributed by atoms with E-state index in [2.05, 4.69) is 18.7 Å². The van der Waals surface area contributed by atoms with Crippen molar-refractivity contribution in [3.8, 4) is 0 Å². The average Bonchev–Trinajstić information content (AvgIpc) is 2.65. The number of hydrogen-bond donors (Lipinski definition) is 1. The van der Waals surface area contributed by atoms with E-state index in [1.807, 2.05) is 0 Å². The van der Waals surface area contributed by atoms with Crippen molar-refractivity contribution in [2.24, 2.45) is 0 Å². The zero-order chi connectivity index (χ0) is 19.4. The summed E-state index contributed by atoms with van der Waals surface area (Å²) in [5.74, 6) is -0.988. The van der Waals surface area contributed by atoms with Crippen LogP contribution >= 0.6 is 0 Å². The molecule has 0 bridgehead atoms. The van der Waals surface area contributed by atoms with E-state index in [0.717, 1.165) is 26.1 Å². The van der Waals surface area contributed by atoms with E-state index in [9.17, 15) is 9.59 Å². The molecule has 6 heteroatoms. The highest BCUT2D eigenvalue weighted by molar-refractivity contribution is 5.90. The van der Waals surface area contributed by atoms with Crippen LogP contribution in [0.3, 0.4) is 0 Å².